The van der Waals surface area contributed by atoms with Crippen LogP contribution in [0, 0.1) is 11.8 Å². The third kappa shape index (κ3) is 7.49. The Morgan fingerprint density at radius 3 is 2.32 bits per heavy atom. The fourth-order valence-electron chi connectivity index (χ4n) is 2.52. The lowest BCUT2D eigenvalue weighted by Gasteiger charge is -2.12. The van der Waals surface area contributed by atoms with E-state index in [1.807, 2.05) is 6.20 Å². The molecule has 0 N–H and O–H groups in total. The monoisotopic (exact) mass is 264 g/mol. The molecule has 0 aromatic rings. The van der Waals surface area contributed by atoms with Gasteiger partial charge in [0.15, 0.2) is 0 Å². The van der Waals surface area contributed by atoms with Gasteiger partial charge in [0, 0.05) is 0 Å². The highest BCUT2D eigenvalue weighted by Crippen LogP contribution is 2.26. The number of hydrogen-bond donors (Lipinski definition) is 0. The van der Waals surface area contributed by atoms with Crippen molar-refractivity contribution in [3.05, 3.63) is 11.8 Å². The summed E-state index contributed by atoms with van der Waals surface area (Å²) in [6.07, 6.45) is 12.5. The fourth-order valence-corrected chi connectivity index (χ4v) is 2.52. The van der Waals surface area contributed by atoms with E-state index >= 15 is 0 Å². The van der Waals surface area contributed by atoms with Crippen molar-refractivity contribution < 1.29 is 0 Å². The summed E-state index contributed by atoms with van der Waals surface area (Å²) in [6.45, 7) is 9.19. The Bertz CT molecular complexity index is 290. The van der Waals surface area contributed by atoms with Gasteiger partial charge < -0.3 is 0 Å². The Hall–Kier alpha value is -0.660. The van der Waals surface area contributed by atoms with E-state index in [2.05, 4.69) is 37.9 Å². The van der Waals surface area contributed by atoms with Crippen molar-refractivity contribution >= 4 is 0 Å². The fraction of sp³-hybridized carbons (Fsp3) is 0.882. The van der Waals surface area contributed by atoms with Crippen LogP contribution in [0.2, 0.25) is 0 Å². The Labute approximate surface area is 119 Å². The second kappa shape index (κ2) is 9.28. The summed E-state index contributed by atoms with van der Waals surface area (Å²) in [5.41, 5.74) is 1.47. The van der Waals surface area contributed by atoms with E-state index < -0.39 is 0 Å². The molecule has 0 spiro atoms. The van der Waals surface area contributed by atoms with Crippen LogP contribution in [0.4, 0.5) is 0 Å². The van der Waals surface area contributed by atoms with Gasteiger partial charge in [-0.3, -0.25) is 0 Å². The minimum atomic E-state index is 0.406. The van der Waals surface area contributed by atoms with Crippen LogP contribution in [-0.4, -0.2) is 6.04 Å². The summed E-state index contributed by atoms with van der Waals surface area (Å²) in [7, 11) is 0. The molecular weight excluding hydrogens is 232 g/mol. The standard InChI is InChI=1S/C17H32N2/c1-14(2)9-7-5-6-8-10-17-16(13-18-19-17)12-11-15(3)4/h13-15,17H,5-12H2,1-4H3. The summed E-state index contributed by atoms with van der Waals surface area (Å²) in [6, 6.07) is 0.406. The van der Waals surface area contributed by atoms with Crippen LogP contribution in [0.5, 0.6) is 0 Å². The van der Waals surface area contributed by atoms with E-state index in [1.54, 1.807) is 0 Å². The van der Waals surface area contributed by atoms with Crippen LogP contribution in [0.1, 0.15) is 79.1 Å². The van der Waals surface area contributed by atoms with Crippen molar-refractivity contribution in [1.29, 1.82) is 0 Å². The number of unbranched alkanes of at least 4 members (excludes halogenated alkanes) is 3. The molecule has 0 aliphatic carbocycles. The number of hydrogen-bond acceptors (Lipinski definition) is 2. The first-order valence-corrected chi connectivity index (χ1v) is 8.18. The molecule has 0 bridgehead atoms. The van der Waals surface area contributed by atoms with E-state index in [0.29, 0.717) is 6.04 Å². The first-order valence-electron chi connectivity index (χ1n) is 8.18. The minimum absolute atomic E-state index is 0.406. The molecule has 0 aromatic heterocycles. The smallest absolute Gasteiger partial charge is 0.0940 e. The normalized spacial score (nSPS) is 18.6. The average molecular weight is 264 g/mol. The maximum absolute atomic E-state index is 4.37. The zero-order valence-corrected chi connectivity index (χ0v) is 13.4. The molecule has 0 saturated carbocycles. The maximum Gasteiger partial charge on any atom is 0.0940 e. The van der Waals surface area contributed by atoms with Crippen LogP contribution in [0.25, 0.3) is 0 Å². The van der Waals surface area contributed by atoms with Gasteiger partial charge >= 0.3 is 0 Å². The molecule has 0 fully saturated rings. The predicted molar refractivity (Wildman–Crippen MR) is 83.3 cm³/mol. The molecule has 2 heteroatoms. The van der Waals surface area contributed by atoms with E-state index in [0.717, 1.165) is 11.8 Å². The third-order valence-electron chi connectivity index (χ3n) is 3.88. The zero-order valence-electron chi connectivity index (χ0n) is 13.4. The second-order valence-corrected chi connectivity index (χ2v) is 6.77. The van der Waals surface area contributed by atoms with Gasteiger partial charge in [0.2, 0.25) is 0 Å². The summed E-state index contributed by atoms with van der Waals surface area (Å²) < 4.78 is 0. The molecule has 1 atom stereocenters. The van der Waals surface area contributed by atoms with Gasteiger partial charge in [0.05, 0.1) is 12.2 Å². The molecule has 110 valence electrons. The highest BCUT2D eigenvalue weighted by molar-refractivity contribution is 5.13. The van der Waals surface area contributed by atoms with E-state index in [1.165, 1.54) is 56.9 Å². The first kappa shape index (κ1) is 16.4. The summed E-state index contributed by atoms with van der Waals surface area (Å²) in [5, 5.41) is 8.50. The molecule has 19 heavy (non-hydrogen) atoms. The van der Waals surface area contributed by atoms with Gasteiger partial charge in [-0.2, -0.15) is 10.2 Å². The zero-order chi connectivity index (χ0) is 14.1. The number of azo groups is 1. The Morgan fingerprint density at radius 1 is 0.947 bits per heavy atom. The minimum Gasteiger partial charge on any atom is -0.181 e. The van der Waals surface area contributed by atoms with Crippen LogP contribution in [0.15, 0.2) is 22.0 Å². The lowest BCUT2D eigenvalue weighted by molar-refractivity contribution is 0.502. The summed E-state index contributed by atoms with van der Waals surface area (Å²) in [4.78, 5) is 0. The topological polar surface area (TPSA) is 24.7 Å². The first-order chi connectivity index (χ1) is 9.09. The molecule has 1 heterocycles. The Morgan fingerprint density at radius 2 is 1.63 bits per heavy atom. The highest BCUT2D eigenvalue weighted by atomic mass is 15.1. The van der Waals surface area contributed by atoms with E-state index in [4.69, 9.17) is 0 Å². The summed E-state index contributed by atoms with van der Waals surface area (Å²) in [5.74, 6) is 1.63. The van der Waals surface area contributed by atoms with Crippen molar-refractivity contribution in [3.63, 3.8) is 0 Å². The number of nitrogens with zero attached hydrogens (tertiary/aromatic N) is 2. The molecule has 1 aliphatic rings. The van der Waals surface area contributed by atoms with Gasteiger partial charge in [0.25, 0.3) is 0 Å². The maximum atomic E-state index is 4.37. The van der Waals surface area contributed by atoms with Gasteiger partial charge in [-0.1, -0.05) is 59.8 Å². The quantitative estimate of drug-likeness (QED) is 0.423. The molecule has 1 unspecified atom stereocenters. The van der Waals surface area contributed by atoms with E-state index in [-0.39, 0.29) is 0 Å². The van der Waals surface area contributed by atoms with Crippen molar-refractivity contribution in [2.24, 2.45) is 22.1 Å². The van der Waals surface area contributed by atoms with E-state index in [9.17, 15) is 0 Å². The molecule has 0 radical (unpaired) electrons. The van der Waals surface area contributed by atoms with Crippen molar-refractivity contribution in [3.8, 4) is 0 Å². The van der Waals surface area contributed by atoms with Gasteiger partial charge in [-0.25, -0.2) is 0 Å². The predicted octanol–water partition coefficient (Wildman–Crippen LogP) is 6.14. The van der Waals surface area contributed by atoms with Crippen LogP contribution in [0.3, 0.4) is 0 Å². The van der Waals surface area contributed by atoms with Crippen LogP contribution in [-0.2, 0) is 0 Å². The second-order valence-electron chi connectivity index (χ2n) is 6.77. The molecule has 0 amide bonds. The molecule has 1 aliphatic heterocycles. The van der Waals surface area contributed by atoms with Gasteiger partial charge in [0.1, 0.15) is 0 Å². The Kier molecular flexibility index (Phi) is 8.00. The highest BCUT2D eigenvalue weighted by Gasteiger charge is 2.17. The van der Waals surface area contributed by atoms with Crippen molar-refractivity contribution in [2.75, 3.05) is 0 Å². The van der Waals surface area contributed by atoms with Crippen molar-refractivity contribution in [1.82, 2.24) is 0 Å². The lowest BCUT2D eigenvalue weighted by Crippen LogP contribution is -2.06. The largest absolute Gasteiger partial charge is 0.181 e. The summed E-state index contributed by atoms with van der Waals surface area (Å²) >= 11 is 0. The molecule has 0 saturated heterocycles. The molecule has 1 rings (SSSR count). The van der Waals surface area contributed by atoms with Crippen LogP contribution < -0.4 is 0 Å². The van der Waals surface area contributed by atoms with Crippen LogP contribution >= 0.6 is 0 Å². The average Bonchev–Trinajstić information content (AvgIpc) is 2.78. The third-order valence-corrected chi connectivity index (χ3v) is 3.88. The molecule has 0 aromatic carbocycles. The van der Waals surface area contributed by atoms with Gasteiger partial charge in [-0.05, 0) is 36.7 Å². The molecular formula is C17H32N2. The van der Waals surface area contributed by atoms with Gasteiger partial charge in [-0.15, -0.1) is 0 Å². The van der Waals surface area contributed by atoms with Crippen molar-refractivity contribution in [2.45, 2.75) is 85.1 Å². The molecule has 2 nitrogen and oxygen atoms in total. The lowest BCUT2D eigenvalue weighted by atomic mass is 9.95. The number of rotatable bonds is 10. The Balaban J connectivity index is 2.08. The SMILES string of the molecule is CC(C)CCCCCCC1N=NC=C1CCC(C)C.